The van der Waals surface area contributed by atoms with E-state index in [2.05, 4.69) is 28.6 Å². The van der Waals surface area contributed by atoms with E-state index in [1.807, 2.05) is 0 Å². The number of ether oxygens (including phenoxy) is 1. The van der Waals surface area contributed by atoms with Crippen molar-refractivity contribution >= 4 is 40.2 Å². The Labute approximate surface area is 119 Å². The second-order valence-corrected chi connectivity index (χ2v) is 5.41. The Morgan fingerprint density at radius 2 is 2.33 bits per heavy atom. The number of rotatable bonds is 3. The highest BCUT2D eigenvalue weighted by Crippen LogP contribution is 2.36. The highest BCUT2D eigenvalue weighted by atomic mass is 79.9. The van der Waals surface area contributed by atoms with Crippen LogP contribution in [0.25, 0.3) is 0 Å². The molecule has 1 atom stereocenters. The molecule has 6 heteroatoms. The summed E-state index contributed by atoms with van der Waals surface area (Å²) in [5.74, 6) is 0.902. The van der Waals surface area contributed by atoms with Crippen molar-refractivity contribution in [2.24, 2.45) is 5.92 Å². The Bertz CT molecular complexity index is 483. The minimum absolute atomic E-state index is 0.0194. The van der Waals surface area contributed by atoms with Crippen LogP contribution in [0.5, 0.6) is 5.75 Å². The van der Waals surface area contributed by atoms with Gasteiger partial charge in [0.25, 0.3) is 0 Å². The van der Waals surface area contributed by atoms with E-state index >= 15 is 0 Å². The number of thiol groups is 1. The van der Waals surface area contributed by atoms with Crippen LogP contribution in [0.2, 0.25) is 0 Å². The zero-order valence-electron chi connectivity index (χ0n) is 9.82. The molecule has 98 valence electrons. The van der Waals surface area contributed by atoms with Crippen LogP contribution in [-0.2, 0) is 4.79 Å². The SMILES string of the molecule is COc1cc(Br)c(F)cc1N1CC(CS)CC1=O. The molecule has 18 heavy (non-hydrogen) atoms. The van der Waals surface area contributed by atoms with E-state index in [0.29, 0.717) is 34.6 Å². The average Bonchev–Trinajstić information content (AvgIpc) is 2.73. The molecule has 0 radical (unpaired) electrons. The molecule has 1 unspecified atom stereocenters. The molecule has 1 amide bonds. The second kappa shape index (κ2) is 5.48. The van der Waals surface area contributed by atoms with Crippen molar-refractivity contribution in [3.63, 3.8) is 0 Å². The lowest BCUT2D eigenvalue weighted by molar-refractivity contribution is -0.117. The smallest absolute Gasteiger partial charge is 0.227 e. The minimum Gasteiger partial charge on any atom is -0.495 e. The number of carbonyl (C=O) groups is 1. The van der Waals surface area contributed by atoms with E-state index in [4.69, 9.17) is 4.74 Å². The first-order valence-electron chi connectivity index (χ1n) is 5.51. The Morgan fingerprint density at radius 1 is 1.61 bits per heavy atom. The van der Waals surface area contributed by atoms with Gasteiger partial charge >= 0.3 is 0 Å². The maximum atomic E-state index is 13.6. The third-order valence-electron chi connectivity index (χ3n) is 2.98. The van der Waals surface area contributed by atoms with Crippen LogP contribution < -0.4 is 9.64 Å². The molecule has 1 fully saturated rings. The van der Waals surface area contributed by atoms with Gasteiger partial charge in [0, 0.05) is 19.0 Å². The summed E-state index contributed by atoms with van der Waals surface area (Å²) >= 11 is 7.30. The standard InChI is InChI=1S/C12H13BrFNO2S/c1-17-11-3-8(13)9(14)4-10(11)15-5-7(6-18)2-12(15)16/h3-4,7,18H,2,5-6H2,1H3. The van der Waals surface area contributed by atoms with Crippen molar-refractivity contribution in [3.05, 3.63) is 22.4 Å². The fourth-order valence-electron chi connectivity index (χ4n) is 2.03. The van der Waals surface area contributed by atoms with E-state index in [1.54, 1.807) is 4.90 Å². The number of amides is 1. The molecular formula is C12H13BrFNO2S. The van der Waals surface area contributed by atoms with E-state index in [1.165, 1.54) is 19.2 Å². The summed E-state index contributed by atoms with van der Waals surface area (Å²) in [5.41, 5.74) is 0.479. The van der Waals surface area contributed by atoms with Gasteiger partial charge in [0.05, 0.1) is 17.3 Å². The maximum Gasteiger partial charge on any atom is 0.227 e. The van der Waals surface area contributed by atoms with Crippen molar-refractivity contribution in [1.82, 2.24) is 0 Å². The van der Waals surface area contributed by atoms with Gasteiger partial charge in [0.1, 0.15) is 11.6 Å². The summed E-state index contributed by atoms with van der Waals surface area (Å²) in [4.78, 5) is 13.5. The van der Waals surface area contributed by atoms with Gasteiger partial charge < -0.3 is 9.64 Å². The molecule has 2 rings (SSSR count). The van der Waals surface area contributed by atoms with E-state index in [-0.39, 0.29) is 11.8 Å². The number of benzene rings is 1. The Balaban J connectivity index is 2.38. The summed E-state index contributed by atoms with van der Waals surface area (Å²) in [6.07, 6.45) is 0.449. The summed E-state index contributed by atoms with van der Waals surface area (Å²) in [6.45, 7) is 0.555. The third-order valence-corrected chi connectivity index (χ3v) is 4.10. The van der Waals surface area contributed by atoms with Crippen LogP contribution in [0.4, 0.5) is 10.1 Å². The van der Waals surface area contributed by atoms with E-state index in [0.717, 1.165) is 0 Å². The number of hydrogen-bond acceptors (Lipinski definition) is 3. The summed E-state index contributed by atoms with van der Waals surface area (Å²) < 4.78 is 19.1. The Morgan fingerprint density at radius 3 is 2.89 bits per heavy atom. The maximum absolute atomic E-state index is 13.6. The van der Waals surface area contributed by atoms with Gasteiger partial charge in [-0.2, -0.15) is 12.6 Å². The van der Waals surface area contributed by atoms with Gasteiger partial charge in [-0.15, -0.1) is 0 Å². The fraction of sp³-hybridized carbons (Fsp3) is 0.417. The topological polar surface area (TPSA) is 29.5 Å². The number of halogens is 2. The molecule has 0 spiro atoms. The van der Waals surface area contributed by atoms with Crippen molar-refractivity contribution < 1.29 is 13.9 Å². The zero-order chi connectivity index (χ0) is 13.3. The van der Waals surface area contributed by atoms with Gasteiger partial charge in [0.15, 0.2) is 0 Å². The molecule has 1 aliphatic rings. The Hall–Kier alpha value is -0.750. The first kappa shape index (κ1) is 13.7. The summed E-state index contributed by atoms with van der Waals surface area (Å²) in [6, 6.07) is 2.85. The molecule has 0 aromatic heterocycles. The molecular weight excluding hydrogens is 321 g/mol. The van der Waals surface area contributed by atoms with Crippen molar-refractivity contribution in [3.8, 4) is 5.75 Å². The van der Waals surface area contributed by atoms with Crippen LogP contribution in [0.15, 0.2) is 16.6 Å². The summed E-state index contributed by atoms with van der Waals surface area (Å²) in [5, 5.41) is 0. The molecule has 1 aromatic rings. The average molecular weight is 334 g/mol. The van der Waals surface area contributed by atoms with E-state index in [9.17, 15) is 9.18 Å². The number of carbonyl (C=O) groups excluding carboxylic acids is 1. The molecule has 1 aromatic carbocycles. The first-order valence-corrected chi connectivity index (χ1v) is 6.93. The number of hydrogen-bond donors (Lipinski definition) is 1. The predicted molar refractivity (Wildman–Crippen MR) is 75.0 cm³/mol. The summed E-state index contributed by atoms with van der Waals surface area (Å²) in [7, 11) is 1.50. The molecule has 0 saturated carbocycles. The Kier molecular flexibility index (Phi) is 4.17. The number of methoxy groups -OCH3 is 1. The monoisotopic (exact) mass is 333 g/mol. The zero-order valence-corrected chi connectivity index (χ0v) is 12.3. The molecule has 1 aliphatic heterocycles. The van der Waals surface area contributed by atoms with Crippen molar-refractivity contribution in [2.75, 3.05) is 24.3 Å². The highest BCUT2D eigenvalue weighted by Gasteiger charge is 2.31. The van der Waals surface area contributed by atoms with Crippen LogP contribution in [0.1, 0.15) is 6.42 Å². The first-order chi connectivity index (χ1) is 8.56. The van der Waals surface area contributed by atoms with Gasteiger partial charge in [-0.3, -0.25) is 4.79 Å². The van der Waals surface area contributed by atoms with Crippen molar-refractivity contribution in [1.29, 1.82) is 0 Å². The van der Waals surface area contributed by atoms with Gasteiger partial charge in [-0.05, 0) is 33.7 Å². The number of anilines is 1. The quantitative estimate of drug-likeness (QED) is 0.862. The molecule has 0 bridgehead atoms. The lowest BCUT2D eigenvalue weighted by Gasteiger charge is -2.20. The van der Waals surface area contributed by atoms with Crippen LogP contribution >= 0.6 is 28.6 Å². The van der Waals surface area contributed by atoms with Gasteiger partial charge in [-0.1, -0.05) is 0 Å². The molecule has 0 N–H and O–H groups in total. The fourth-order valence-corrected chi connectivity index (χ4v) is 2.60. The highest BCUT2D eigenvalue weighted by molar-refractivity contribution is 9.10. The van der Waals surface area contributed by atoms with E-state index < -0.39 is 5.82 Å². The second-order valence-electron chi connectivity index (χ2n) is 4.20. The lowest BCUT2D eigenvalue weighted by Crippen LogP contribution is -2.25. The normalized spacial score (nSPS) is 19.4. The van der Waals surface area contributed by atoms with Crippen LogP contribution in [0, 0.1) is 11.7 Å². The minimum atomic E-state index is -0.409. The van der Waals surface area contributed by atoms with Crippen LogP contribution in [-0.4, -0.2) is 25.3 Å². The molecule has 1 saturated heterocycles. The molecule has 0 aliphatic carbocycles. The van der Waals surface area contributed by atoms with Crippen molar-refractivity contribution in [2.45, 2.75) is 6.42 Å². The van der Waals surface area contributed by atoms with Gasteiger partial charge in [-0.25, -0.2) is 4.39 Å². The predicted octanol–water partition coefficient (Wildman–Crippen LogP) is 2.88. The molecule has 1 heterocycles. The number of nitrogens with zero attached hydrogens (tertiary/aromatic N) is 1. The van der Waals surface area contributed by atoms with Crippen LogP contribution in [0.3, 0.4) is 0 Å². The molecule has 3 nitrogen and oxygen atoms in total. The lowest BCUT2D eigenvalue weighted by atomic mass is 10.1. The third kappa shape index (κ3) is 2.49. The largest absolute Gasteiger partial charge is 0.495 e. The van der Waals surface area contributed by atoms with Gasteiger partial charge in [0.2, 0.25) is 5.91 Å².